The Balaban J connectivity index is 2.85. The Labute approximate surface area is 111 Å². The van der Waals surface area contributed by atoms with E-state index in [2.05, 4.69) is 15.3 Å². The highest BCUT2D eigenvalue weighted by Crippen LogP contribution is 2.23. The van der Waals surface area contributed by atoms with Crippen LogP contribution in [-0.4, -0.2) is 48.2 Å². The molecule has 0 aromatic rings. The Morgan fingerprint density at radius 2 is 2.11 bits per heavy atom. The first-order valence-electron chi connectivity index (χ1n) is 6.04. The fourth-order valence-electron chi connectivity index (χ4n) is 1.91. The summed E-state index contributed by atoms with van der Waals surface area (Å²) >= 11 is 0. The maximum absolute atomic E-state index is 12.0. The van der Waals surface area contributed by atoms with Crippen LogP contribution in [0.25, 0.3) is 10.4 Å². The van der Waals surface area contributed by atoms with Crippen LogP contribution in [0.3, 0.4) is 0 Å². The molecule has 106 valence electrons. The molecule has 2 amide bonds. The molecule has 19 heavy (non-hydrogen) atoms. The number of hydrogen-bond acceptors (Lipinski definition) is 4. The molecule has 1 rings (SSSR count). The summed E-state index contributed by atoms with van der Waals surface area (Å²) in [5.74, 6) is -0.290. The highest BCUT2D eigenvalue weighted by molar-refractivity contribution is 5.86. The largest absolute Gasteiger partial charge is 0.444 e. The fourth-order valence-corrected chi connectivity index (χ4v) is 1.91. The molecule has 1 saturated heterocycles. The summed E-state index contributed by atoms with van der Waals surface area (Å²) in [5.41, 5.74) is 7.81. The van der Waals surface area contributed by atoms with Crippen molar-refractivity contribution in [1.29, 1.82) is 0 Å². The minimum absolute atomic E-state index is 0.192. The molecular weight excluding hydrogens is 250 g/mol. The van der Waals surface area contributed by atoms with E-state index in [1.54, 1.807) is 20.8 Å². The Kier molecular flexibility index (Phi) is 4.61. The first kappa shape index (κ1) is 15.1. The van der Waals surface area contributed by atoms with Crippen molar-refractivity contribution in [1.82, 2.24) is 10.2 Å². The van der Waals surface area contributed by atoms with Crippen molar-refractivity contribution in [2.75, 3.05) is 13.6 Å². The van der Waals surface area contributed by atoms with Crippen molar-refractivity contribution in [3.63, 3.8) is 0 Å². The monoisotopic (exact) mass is 269 g/mol. The molecule has 0 aromatic heterocycles. The maximum atomic E-state index is 12.0. The predicted octanol–water partition coefficient (Wildman–Crippen LogP) is 1.42. The molecule has 1 N–H and O–H groups in total. The first-order chi connectivity index (χ1) is 8.78. The molecule has 1 aliphatic heterocycles. The van der Waals surface area contributed by atoms with Gasteiger partial charge in [0.25, 0.3) is 0 Å². The van der Waals surface area contributed by atoms with Crippen molar-refractivity contribution in [3.05, 3.63) is 10.4 Å². The lowest BCUT2D eigenvalue weighted by Gasteiger charge is -2.27. The van der Waals surface area contributed by atoms with Crippen molar-refractivity contribution in [3.8, 4) is 0 Å². The molecule has 1 fully saturated rings. The summed E-state index contributed by atoms with van der Waals surface area (Å²) in [7, 11) is 1.50. The van der Waals surface area contributed by atoms with Crippen molar-refractivity contribution in [2.24, 2.45) is 5.11 Å². The topological polar surface area (TPSA) is 107 Å². The van der Waals surface area contributed by atoms with E-state index in [1.165, 1.54) is 11.9 Å². The Hall–Kier alpha value is -1.95. The number of hydrogen-bond donors (Lipinski definition) is 1. The average molecular weight is 269 g/mol. The summed E-state index contributed by atoms with van der Waals surface area (Å²) in [4.78, 5) is 27.8. The summed E-state index contributed by atoms with van der Waals surface area (Å²) < 4.78 is 5.25. The standard InChI is InChI=1S/C11H19N5O3/c1-11(2,3)19-10(18)16-6-7(14-15-12)5-8(16)9(17)13-4/h7-8H,5-6H2,1-4H3,(H,13,17)/t7-,8-/m0/s1. The normalized spacial score (nSPS) is 22.6. The van der Waals surface area contributed by atoms with Gasteiger partial charge in [-0.1, -0.05) is 5.11 Å². The van der Waals surface area contributed by atoms with Gasteiger partial charge in [-0.25, -0.2) is 4.79 Å². The lowest BCUT2D eigenvalue weighted by Crippen LogP contribution is -2.46. The zero-order valence-corrected chi connectivity index (χ0v) is 11.6. The molecule has 1 heterocycles. The molecule has 8 nitrogen and oxygen atoms in total. The lowest BCUT2D eigenvalue weighted by atomic mass is 10.1. The van der Waals surface area contributed by atoms with Crippen LogP contribution in [0.5, 0.6) is 0 Å². The van der Waals surface area contributed by atoms with Gasteiger partial charge >= 0.3 is 6.09 Å². The maximum Gasteiger partial charge on any atom is 0.410 e. The number of rotatable bonds is 2. The number of likely N-dealkylation sites (N-methyl/N-ethyl adjacent to an activating group) is 1. The van der Waals surface area contributed by atoms with E-state index in [9.17, 15) is 9.59 Å². The molecule has 8 heteroatoms. The van der Waals surface area contributed by atoms with E-state index < -0.39 is 23.8 Å². The summed E-state index contributed by atoms with van der Waals surface area (Å²) in [6, 6.07) is -1.06. The van der Waals surface area contributed by atoms with Gasteiger partial charge in [-0.2, -0.15) is 0 Å². The van der Waals surface area contributed by atoms with Crippen LogP contribution in [0.2, 0.25) is 0 Å². The molecule has 0 radical (unpaired) electrons. The SMILES string of the molecule is CNC(=O)[C@@H]1C[C@H](N=[N+]=[N-])CN1C(=O)OC(C)(C)C. The van der Waals surface area contributed by atoms with Crippen LogP contribution in [0.15, 0.2) is 5.11 Å². The molecule has 0 bridgehead atoms. The van der Waals surface area contributed by atoms with E-state index in [4.69, 9.17) is 10.3 Å². The van der Waals surface area contributed by atoms with E-state index in [0.29, 0.717) is 6.42 Å². The van der Waals surface area contributed by atoms with Crippen molar-refractivity contribution >= 4 is 12.0 Å². The predicted molar refractivity (Wildman–Crippen MR) is 68.3 cm³/mol. The van der Waals surface area contributed by atoms with Gasteiger partial charge in [0.05, 0.1) is 6.04 Å². The van der Waals surface area contributed by atoms with E-state index in [1.807, 2.05) is 0 Å². The highest BCUT2D eigenvalue weighted by atomic mass is 16.6. The Morgan fingerprint density at radius 3 is 2.58 bits per heavy atom. The summed E-state index contributed by atoms with van der Waals surface area (Å²) in [5, 5.41) is 6.06. The number of likely N-dealkylation sites (tertiary alicyclic amines) is 1. The quantitative estimate of drug-likeness (QED) is 0.465. The van der Waals surface area contributed by atoms with E-state index >= 15 is 0 Å². The summed E-state index contributed by atoms with van der Waals surface area (Å²) in [6.45, 7) is 5.44. The van der Waals surface area contributed by atoms with Gasteiger partial charge in [-0.15, -0.1) is 0 Å². The third-order valence-corrected chi connectivity index (χ3v) is 2.67. The highest BCUT2D eigenvalue weighted by Gasteiger charge is 2.40. The van der Waals surface area contributed by atoms with E-state index in [0.717, 1.165) is 0 Å². The zero-order chi connectivity index (χ0) is 14.6. The number of amides is 2. The van der Waals surface area contributed by atoms with Gasteiger partial charge in [0.15, 0.2) is 0 Å². The van der Waals surface area contributed by atoms with Gasteiger partial charge in [0, 0.05) is 18.5 Å². The van der Waals surface area contributed by atoms with Crippen molar-refractivity contribution in [2.45, 2.75) is 44.9 Å². The zero-order valence-electron chi connectivity index (χ0n) is 11.6. The van der Waals surface area contributed by atoms with Crippen LogP contribution in [0.4, 0.5) is 4.79 Å². The summed E-state index contributed by atoms with van der Waals surface area (Å²) in [6.07, 6.45) is -0.264. The number of carbonyl (C=O) groups is 2. The molecule has 1 aliphatic rings. The molecule has 0 spiro atoms. The number of ether oxygens (including phenoxy) is 1. The smallest absolute Gasteiger partial charge is 0.410 e. The van der Waals surface area contributed by atoms with Gasteiger partial charge in [0.1, 0.15) is 11.6 Å². The number of azide groups is 1. The second-order valence-corrected chi connectivity index (χ2v) is 5.36. The first-order valence-corrected chi connectivity index (χ1v) is 6.04. The average Bonchev–Trinajstić information content (AvgIpc) is 2.70. The Bertz CT molecular complexity index is 411. The second-order valence-electron chi connectivity index (χ2n) is 5.36. The van der Waals surface area contributed by atoms with Crippen LogP contribution < -0.4 is 5.32 Å². The molecule has 0 saturated carbocycles. The minimum Gasteiger partial charge on any atom is -0.444 e. The van der Waals surface area contributed by atoms with Gasteiger partial charge in [0.2, 0.25) is 5.91 Å². The molecule has 0 unspecified atom stereocenters. The second kappa shape index (κ2) is 5.79. The van der Waals surface area contributed by atoms with Crippen molar-refractivity contribution < 1.29 is 14.3 Å². The number of nitrogens with zero attached hydrogens (tertiary/aromatic N) is 4. The van der Waals surface area contributed by atoms with Gasteiger partial charge < -0.3 is 10.1 Å². The molecule has 0 aromatic carbocycles. The minimum atomic E-state index is -0.657. The van der Waals surface area contributed by atoms with Crippen LogP contribution in [0.1, 0.15) is 27.2 Å². The van der Waals surface area contributed by atoms with Crippen LogP contribution >= 0.6 is 0 Å². The fraction of sp³-hybridized carbons (Fsp3) is 0.818. The van der Waals surface area contributed by atoms with Gasteiger partial charge in [-0.05, 0) is 32.7 Å². The number of nitrogens with one attached hydrogen (secondary N) is 1. The van der Waals surface area contributed by atoms with Crippen LogP contribution in [-0.2, 0) is 9.53 Å². The van der Waals surface area contributed by atoms with Crippen LogP contribution in [0, 0.1) is 0 Å². The van der Waals surface area contributed by atoms with Gasteiger partial charge in [-0.3, -0.25) is 9.69 Å². The lowest BCUT2D eigenvalue weighted by molar-refractivity contribution is -0.124. The molecule has 2 atom stereocenters. The third kappa shape index (κ3) is 4.03. The third-order valence-electron chi connectivity index (χ3n) is 2.67. The number of carbonyl (C=O) groups excluding carboxylic acids is 2. The molecule has 0 aliphatic carbocycles. The Morgan fingerprint density at radius 1 is 1.47 bits per heavy atom. The van der Waals surface area contributed by atoms with E-state index in [-0.39, 0.29) is 12.5 Å². The molecular formula is C11H19N5O3.